The molecule has 0 aliphatic rings. The highest BCUT2D eigenvalue weighted by Crippen LogP contribution is 2.40. The fourth-order valence-electron chi connectivity index (χ4n) is 4.38. The molecule has 10 nitrogen and oxygen atoms in total. The number of hydrogen-bond donors (Lipinski definition) is 2. The molecule has 0 aromatic heterocycles. The van der Waals surface area contributed by atoms with Crippen LogP contribution in [0.25, 0.3) is 0 Å². The normalized spacial score (nSPS) is 10.5. The maximum Gasteiger partial charge on any atom is 0.251 e. The molecule has 0 bridgehead atoms. The van der Waals surface area contributed by atoms with Crippen LogP contribution in [0.2, 0.25) is 0 Å². The standard InChI is InChI=1S/C34H44N2O8/c1-7-39-27-17-25(18-28(40-8-2)31(27)43-11-5)33(37)35-21-23-13-15-24(16-14-23)22-36-34(38)26-19-29(41-9-3)32(44-12-6)30(20-26)42-10-4/h13-20H,7-12,21-22H2,1-6H3,(H,35,37)(H,36,38). The van der Waals surface area contributed by atoms with E-state index in [1.807, 2.05) is 65.8 Å². The van der Waals surface area contributed by atoms with Gasteiger partial charge in [0.15, 0.2) is 23.0 Å². The fourth-order valence-corrected chi connectivity index (χ4v) is 4.38. The van der Waals surface area contributed by atoms with E-state index in [9.17, 15) is 9.59 Å². The summed E-state index contributed by atoms with van der Waals surface area (Å²) in [5, 5.41) is 5.89. The van der Waals surface area contributed by atoms with E-state index in [2.05, 4.69) is 10.6 Å². The van der Waals surface area contributed by atoms with Crippen LogP contribution in [0.5, 0.6) is 34.5 Å². The van der Waals surface area contributed by atoms with Crippen molar-refractivity contribution in [2.24, 2.45) is 0 Å². The molecule has 10 heteroatoms. The van der Waals surface area contributed by atoms with Gasteiger partial charge in [-0.05, 0) is 76.9 Å². The van der Waals surface area contributed by atoms with Gasteiger partial charge in [-0.3, -0.25) is 9.59 Å². The third-order valence-electron chi connectivity index (χ3n) is 6.27. The summed E-state index contributed by atoms with van der Waals surface area (Å²) in [6.45, 7) is 14.4. The summed E-state index contributed by atoms with van der Waals surface area (Å²) in [5.74, 6) is 2.30. The third-order valence-corrected chi connectivity index (χ3v) is 6.27. The Morgan fingerprint density at radius 1 is 0.477 bits per heavy atom. The van der Waals surface area contributed by atoms with Gasteiger partial charge in [-0.2, -0.15) is 0 Å². The van der Waals surface area contributed by atoms with E-state index in [1.54, 1.807) is 24.3 Å². The van der Waals surface area contributed by atoms with Crippen molar-refractivity contribution in [3.63, 3.8) is 0 Å². The number of benzene rings is 3. The first kappa shape index (κ1) is 33.9. The van der Waals surface area contributed by atoms with Crippen LogP contribution in [0, 0.1) is 0 Å². The van der Waals surface area contributed by atoms with Crippen molar-refractivity contribution in [3.8, 4) is 34.5 Å². The van der Waals surface area contributed by atoms with Crippen LogP contribution in [0.3, 0.4) is 0 Å². The second-order valence-corrected chi connectivity index (χ2v) is 9.38. The number of nitrogens with one attached hydrogen (secondary N) is 2. The lowest BCUT2D eigenvalue weighted by Crippen LogP contribution is -2.24. The van der Waals surface area contributed by atoms with Gasteiger partial charge < -0.3 is 39.1 Å². The molecule has 3 aromatic carbocycles. The first-order chi connectivity index (χ1) is 21.4. The molecule has 3 aromatic rings. The van der Waals surface area contributed by atoms with Gasteiger partial charge in [0.1, 0.15) is 0 Å². The molecular weight excluding hydrogens is 564 g/mol. The van der Waals surface area contributed by atoms with Crippen molar-refractivity contribution in [1.82, 2.24) is 10.6 Å². The second-order valence-electron chi connectivity index (χ2n) is 9.38. The quantitative estimate of drug-likeness (QED) is 0.183. The maximum atomic E-state index is 13.0. The van der Waals surface area contributed by atoms with Crippen LogP contribution in [-0.2, 0) is 13.1 Å². The first-order valence-corrected chi connectivity index (χ1v) is 15.2. The fraction of sp³-hybridized carbons (Fsp3) is 0.412. The Hall–Kier alpha value is -4.60. The van der Waals surface area contributed by atoms with E-state index < -0.39 is 0 Å². The predicted molar refractivity (Wildman–Crippen MR) is 169 cm³/mol. The Morgan fingerprint density at radius 3 is 1.00 bits per heavy atom. The Morgan fingerprint density at radius 2 is 0.750 bits per heavy atom. The average Bonchev–Trinajstić information content (AvgIpc) is 3.02. The average molecular weight is 609 g/mol. The first-order valence-electron chi connectivity index (χ1n) is 15.2. The van der Waals surface area contributed by atoms with Crippen molar-refractivity contribution in [3.05, 3.63) is 70.8 Å². The van der Waals surface area contributed by atoms with Crippen LogP contribution in [0.4, 0.5) is 0 Å². The topological polar surface area (TPSA) is 114 Å². The Kier molecular flexibility index (Phi) is 13.5. The second kappa shape index (κ2) is 17.5. The molecule has 2 amide bonds. The van der Waals surface area contributed by atoms with E-state index in [-0.39, 0.29) is 11.8 Å². The molecule has 0 saturated heterocycles. The van der Waals surface area contributed by atoms with Crippen molar-refractivity contribution in [2.75, 3.05) is 39.6 Å². The molecule has 3 rings (SSSR count). The van der Waals surface area contributed by atoms with Gasteiger partial charge in [-0.15, -0.1) is 0 Å². The summed E-state index contributed by atoms with van der Waals surface area (Å²) in [7, 11) is 0. The molecule has 0 aliphatic heterocycles. The summed E-state index contributed by atoms with van der Waals surface area (Å²) in [5.41, 5.74) is 2.63. The number of amides is 2. The largest absolute Gasteiger partial charge is 0.490 e. The Labute approximate surface area is 259 Å². The smallest absolute Gasteiger partial charge is 0.251 e. The van der Waals surface area contributed by atoms with Gasteiger partial charge >= 0.3 is 0 Å². The molecular formula is C34H44N2O8. The van der Waals surface area contributed by atoms with E-state index >= 15 is 0 Å². The van der Waals surface area contributed by atoms with E-state index in [1.165, 1.54) is 0 Å². The zero-order valence-corrected chi connectivity index (χ0v) is 26.5. The molecule has 2 N–H and O–H groups in total. The van der Waals surface area contributed by atoms with Crippen molar-refractivity contribution in [1.29, 1.82) is 0 Å². The molecule has 0 spiro atoms. The minimum atomic E-state index is -0.264. The summed E-state index contributed by atoms with van der Waals surface area (Å²) in [6, 6.07) is 14.3. The molecule has 238 valence electrons. The van der Waals surface area contributed by atoms with E-state index in [4.69, 9.17) is 28.4 Å². The Bertz CT molecular complexity index is 1220. The van der Waals surface area contributed by atoms with Gasteiger partial charge in [0.2, 0.25) is 11.5 Å². The summed E-state index contributed by atoms with van der Waals surface area (Å²) in [6.07, 6.45) is 0. The maximum absolute atomic E-state index is 13.0. The number of carbonyl (C=O) groups is 2. The lowest BCUT2D eigenvalue weighted by Gasteiger charge is -2.17. The summed E-state index contributed by atoms with van der Waals surface area (Å²) in [4.78, 5) is 26.1. The zero-order chi connectivity index (χ0) is 31.9. The van der Waals surface area contributed by atoms with Gasteiger partial charge in [-0.25, -0.2) is 0 Å². The highest BCUT2D eigenvalue weighted by molar-refractivity contribution is 5.96. The Balaban J connectivity index is 1.64. The van der Waals surface area contributed by atoms with Crippen LogP contribution in [-0.4, -0.2) is 51.5 Å². The molecule has 0 unspecified atom stereocenters. The van der Waals surface area contributed by atoms with E-state index in [0.717, 1.165) is 11.1 Å². The van der Waals surface area contributed by atoms with Crippen molar-refractivity contribution in [2.45, 2.75) is 54.6 Å². The molecule has 0 atom stereocenters. The van der Waals surface area contributed by atoms with Crippen LogP contribution < -0.4 is 39.1 Å². The predicted octanol–water partition coefficient (Wildman–Crippen LogP) is 5.94. The van der Waals surface area contributed by atoms with Crippen molar-refractivity contribution < 1.29 is 38.0 Å². The SMILES string of the molecule is CCOc1cc(C(=O)NCc2ccc(CNC(=O)c3cc(OCC)c(OCC)c(OCC)c3)cc2)cc(OCC)c1OCC. The van der Waals surface area contributed by atoms with E-state index in [0.29, 0.717) is 98.4 Å². The minimum Gasteiger partial charge on any atom is -0.490 e. The molecule has 0 fully saturated rings. The third kappa shape index (κ3) is 9.20. The van der Waals surface area contributed by atoms with Gasteiger partial charge in [0, 0.05) is 24.2 Å². The summed E-state index contributed by atoms with van der Waals surface area (Å²) >= 11 is 0. The molecule has 0 heterocycles. The lowest BCUT2D eigenvalue weighted by atomic mass is 10.1. The van der Waals surface area contributed by atoms with Crippen LogP contribution in [0.1, 0.15) is 73.4 Å². The molecule has 0 radical (unpaired) electrons. The molecule has 44 heavy (non-hydrogen) atoms. The van der Waals surface area contributed by atoms with Gasteiger partial charge in [0.05, 0.1) is 39.6 Å². The summed E-state index contributed by atoms with van der Waals surface area (Å²) < 4.78 is 34.4. The number of hydrogen-bond acceptors (Lipinski definition) is 8. The molecule has 0 aliphatic carbocycles. The highest BCUT2D eigenvalue weighted by Gasteiger charge is 2.20. The van der Waals surface area contributed by atoms with Crippen molar-refractivity contribution >= 4 is 11.8 Å². The molecule has 0 saturated carbocycles. The number of rotatable bonds is 18. The number of carbonyl (C=O) groups excluding carboxylic acids is 2. The minimum absolute atomic E-state index is 0.264. The van der Waals surface area contributed by atoms with Crippen LogP contribution in [0.15, 0.2) is 48.5 Å². The zero-order valence-electron chi connectivity index (χ0n) is 26.5. The number of ether oxygens (including phenoxy) is 6. The van der Waals surface area contributed by atoms with Crippen LogP contribution >= 0.6 is 0 Å². The van der Waals surface area contributed by atoms with Gasteiger partial charge in [-0.1, -0.05) is 24.3 Å². The monoisotopic (exact) mass is 608 g/mol. The highest BCUT2D eigenvalue weighted by atomic mass is 16.5. The van der Waals surface area contributed by atoms with Gasteiger partial charge in [0.25, 0.3) is 11.8 Å². The lowest BCUT2D eigenvalue weighted by molar-refractivity contribution is 0.0941.